The van der Waals surface area contributed by atoms with E-state index in [1.54, 1.807) is 6.42 Å². The Kier molecular flexibility index (Phi) is 2.43. The van der Waals surface area contributed by atoms with Crippen molar-refractivity contribution < 1.29 is 0 Å². The van der Waals surface area contributed by atoms with Crippen LogP contribution in [0.4, 0.5) is 0 Å². The molecular weight excluding hydrogens is 144 g/mol. The summed E-state index contributed by atoms with van der Waals surface area (Å²) < 4.78 is 0. The van der Waals surface area contributed by atoms with Gasteiger partial charge in [-0.3, -0.25) is 0 Å². The maximum Gasteiger partial charge on any atom is -0.0358 e. The van der Waals surface area contributed by atoms with E-state index in [0.29, 0.717) is 0 Å². The molecule has 0 aromatic carbocycles. The molecule has 0 bridgehead atoms. The zero-order valence-electron chi connectivity index (χ0n) is 8.55. The van der Waals surface area contributed by atoms with Crippen molar-refractivity contribution in [3.63, 3.8) is 0 Å². The third-order valence-electron chi connectivity index (χ3n) is 4.28. The molecule has 2 aliphatic carbocycles. The maximum atomic E-state index is 2.48. The van der Waals surface area contributed by atoms with Crippen LogP contribution in [0.3, 0.4) is 0 Å². The highest BCUT2D eigenvalue weighted by Crippen LogP contribution is 2.45. The Balaban J connectivity index is 2.00. The number of hydrogen-bond donors (Lipinski definition) is 0. The highest BCUT2D eigenvalue weighted by Gasteiger charge is 2.34. The second-order valence-corrected chi connectivity index (χ2v) is 5.25. The molecule has 2 saturated carbocycles. The SMILES string of the molecule is C[C@H]1CC[C@@H]2CCC[C@H](C)C2C1. The van der Waals surface area contributed by atoms with E-state index in [-0.39, 0.29) is 0 Å². The summed E-state index contributed by atoms with van der Waals surface area (Å²) in [6.07, 6.45) is 9.14. The Morgan fingerprint density at radius 3 is 2.58 bits per heavy atom. The van der Waals surface area contributed by atoms with Gasteiger partial charge in [0.15, 0.2) is 0 Å². The molecule has 0 heterocycles. The molecular formula is C12H22. The molecule has 70 valence electrons. The Morgan fingerprint density at radius 1 is 0.917 bits per heavy atom. The van der Waals surface area contributed by atoms with Crippen LogP contribution >= 0.6 is 0 Å². The van der Waals surface area contributed by atoms with Gasteiger partial charge in [0.25, 0.3) is 0 Å². The standard InChI is InChI=1S/C12H22/c1-9-6-7-11-5-3-4-10(2)12(11)8-9/h9-12H,3-8H2,1-2H3/t9-,10-,11-,12?/m0/s1. The molecule has 0 aliphatic heterocycles. The minimum absolute atomic E-state index is 1.02. The second-order valence-electron chi connectivity index (χ2n) is 5.25. The molecule has 0 N–H and O–H groups in total. The van der Waals surface area contributed by atoms with E-state index < -0.39 is 0 Å². The summed E-state index contributed by atoms with van der Waals surface area (Å²) in [5.41, 5.74) is 0. The monoisotopic (exact) mass is 166 g/mol. The first-order chi connectivity index (χ1) is 5.77. The quantitative estimate of drug-likeness (QED) is 0.512. The van der Waals surface area contributed by atoms with E-state index in [1.165, 1.54) is 32.1 Å². The number of hydrogen-bond acceptors (Lipinski definition) is 0. The van der Waals surface area contributed by atoms with Gasteiger partial charge in [-0.1, -0.05) is 39.5 Å². The summed E-state index contributed by atoms with van der Waals surface area (Å²) in [7, 11) is 0. The highest BCUT2D eigenvalue weighted by atomic mass is 14.4. The van der Waals surface area contributed by atoms with Crippen molar-refractivity contribution in [1.82, 2.24) is 0 Å². The average molecular weight is 166 g/mol. The van der Waals surface area contributed by atoms with Gasteiger partial charge in [-0.05, 0) is 36.5 Å². The van der Waals surface area contributed by atoms with Gasteiger partial charge in [-0.15, -0.1) is 0 Å². The predicted molar refractivity (Wildman–Crippen MR) is 53.0 cm³/mol. The number of rotatable bonds is 0. The van der Waals surface area contributed by atoms with Crippen LogP contribution in [0.1, 0.15) is 52.4 Å². The lowest BCUT2D eigenvalue weighted by Crippen LogP contribution is -2.32. The maximum absolute atomic E-state index is 2.48. The van der Waals surface area contributed by atoms with Crippen molar-refractivity contribution in [3.8, 4) is 0 Å². The predicted octanol–water partition coefficient (Wildman–Crippen LogP) is 3.86. The number of fused-ring (bicyclic) bond motifs is 1. The van der Waals surface area contributed by atoms with Crippen molar-refractivity contribution in [2.24, 2.45) is 23.7 Å². The fourth-order valence-electron chi connectivity index (χ4n) is 3.46. The molecule has 0 radical (unpaired) electrons. The third-order valence-corrected chi connectivity index (χ3v) is 4.28. The zero-order chi connectivity index (χ0) is 8.55. The Hall–Kier alpha value is 0. The molecule has 0 saturated heterocycles. The molecule has 12 heavy (non-hydrogen) atoms. The molecule has 2 rings (SSSR count). The summed E-state index contributed by atoms with van der Waals surface area (Å²) in [6.45, 7) is 4.92. The van der Waals surface area contributed by atoms with Crippen LogP contribution < -0.4 is 0 Å². The summed E-state index contributed by atoms with van der Waals surface area (Å²) in [5.74, 6) is 4.27. The van der Waals surface area contributed by atoms with Gasteiger partial charge in [-0.25, -0.2) is 0 Å². The van der Waals surface area contributed by atoms with Crippen LogP contribution in [0.25, 0.3) is 0 Å². The van der Waals surface area contributed by atoms with E-state index in [2.05, 4.69) is 13.8 Å². The minimum Gasteiger partial charge on any atom is -0.0625 e. The van der Waals surface area contributed by atoms with E-state index in [4.69, 9.17) is 0 Å². The van der Waals surface area contributed by atoms with Crippen LogP contribution in [-0.2, 0) is 0 Å². The normalized spacial score (nSPS) is 48.5. The van der Waals surface area contributed by atoms with Crippen LogP contribution in [0.15, 0.2) is 0 Å². The topological polar surface area (TPSA) is 0 Å². The van der Waals surface area contributed by atoms with Crippen LogP contribution in [0.5, 0.6) is 0 Å². The van der Waals surface area contributed by atoms with Crippen molar-refractivity contribution >= 4 is 0 Å². The van der Waals surface area contributed by atoms with Gasteiger partial charge in [0.1, 0.15) is 0 Å². The fraction of sp³-hybridized carbons (Fsp3) is 1.00. The van der Waals surface area contributed by atoms with Crippen molar-refractivity contribution in [2.75, 3.05) is 0 Å². The third kappa shape index (κ3) is 1.53. The molecule has 2 fully saturated rings. The Labute approximate surface area is 76.7 Å². The Morgan fingerprint density at radius 2 is 1.75 bits per heavy atom. The smallest absolute Gasteiger partial charge is 0.0358 e. The molecule has 0 aromatic heterocycles. The first-order valence-electron chi connectivity index (χ1n) is 5.77. The van der Waals surface area contributed by atoms with Crippen molar-refractivity contribution in [3.05, 3.63) is 0 Å². The van der Waals surface area contributed by atoms with Gasteiger partial charge in [0.05, 0.1) is 0 Å². The summed E-state index contributed by atoms with van der Waals surface area (Å²) in [6, 6.07) is 0. The molecule has 4 atom stereocenters. The molecule has 1 unspecified atom stereocenters. The average Bonchev–Trinajstić information content (AvgIpc) is 2.07. The van der Waals surface area contributed by atoms with E-state index >= 15 is 0 Å². The van der Waals surface area contributed by atoms with Gasteiger partial charge in [-0.2, -0.15) is 0 Å². The van der Waals surface area contributed by atoms with E-state index in [1.807, 2.05) is 0 Å². The zero-order valence-corrected chi connectivity index (χ0v) is 8.55. The van der Waals surface area contributed by atoms with E-state index in [9.17, 15) is 0 Å². The molecule has 2 aliphatic rings. The summed E-state index contributed by atoms with van der Waals surface area (Å²) in [5, 5.41) is 0. The highest BCUT2D eigenvalue weighted by molar-refractivity contribution is 4.85. The first kappa shape index (κ1) is 8.59. The second kappa shape index (κ2) is 3.40. The van der Waals surface area contributed by atoms with Crippen molar-refractivity contribution in [2.45, 2.75) is 52.4 Å². The molecule has 0 amide bonds. The van der Waals surface area contributed by atoms with Crippen LogP contribution in [0.2, 0.25) is 0 Å². The fourth-order valence-corrected chi connectivity index (χ4v) is 3.46. The minimum atomic E-state index is 1.02. The Bertz CT molecular complexity index is 150. The van der Waals surface area contributed by atoms with Crippen molar-refractivity contribution in [1.29, 1.82) is 0 Å². The molecule has 0 nitrogen and oxygen atoms in total. The largest absolute Gasteiger partial charge is 0.0625 e. The lowest BCUT2D eigenvalue weighted by atomic mass is 9.64. The van der Waals surface area contributed by atoms with Gasteiger partial charge in [0, 0.05) is 0 Å². The van der Waals surface area contributed by atoms with Gasteiger partial charge >= 0.3 is 0 Å². The van der Waals surface area contributed by atoms with Gasteiger partial charge < -0.3 is 0 Å². The lowest BCUT2D eigenvalue weighted by Gasteiger charge is -2.42. The van der Waals surface area contributed by atoms with Gasteiger partial charge in [0.2, 0.25) is 0 Å². The summed E-state index contributed by atoms with van der Waals surface area (Å²) in [4.78, 5) is 0. The van der Waals surface area contributed by atoms with E-state index in [0.717, 1.165) is 23.7 Å². The van der Waals surface area contributed by atoms with Crippen LogP contribution in [0, 0.1) is 23.7 Å². The van der Waals surface area contributed by atoms with Crippen LogP contribution in [-0.4, -0.2) is 0 Å². The molecule has 0 heteroatoms. The molecule has 0 spiro atoms. The lowest BCUT2D eigenvalue weighted by molar-refractivity contribution is 0.0880. The first-order valence-corrected chi connectivity index (χ1v) is 5.77. The summed E-state index contributed by atoms with van der Waals surface area (Å²) >= 11 is 0. The molecule has 0 aromatic rings.